The minimum Gasteiger partial charge on any atom is -0.485 e. The Kier molecular flexibility index (Phi) is 3.40. The molecule has 98 valence electrons. The van der Waals surface area contributed by atoms with Crippen LogP contribution in [-0.4, -0.2) is 0 Å². The SMILES string of the molecule is N[C@H]1CC(c2c(Cl)cccc2Cl)Oc2ccccc21. The lowest BCUT2D eigenvalue weighted by atomic mass is 9.93. The van der Waals surface area contributed by atoms with E-state index in [1.165, 1.54) is 0 Å². The molecule has 0 aromatic heterocycles. The van der Waals surface area contributed by atoms with Crippen LogP contribution >= 0.6 is 23.2 Å². The number of ether oxygens (including phenoxy) is 1. The Labute approximate surface area is 122 Å². The second-order valence-electron chi connectivity index (χ2n) is 4.62. The third-order valence-corrected chi connectivity index (χ3v) is 4.04. The lowest BCUT2D eigenvalue weighted by molar-refractivity contribution is 0.162. The third kappa shape index (κ3) is 2.32. The summed E-state index contributed by atoms with van der Waals surface area (Å²) in [7, 11) is 0. The minimum absolute atomic E-state index is 0.0673. The molecular formula is C15H13Cl2NO. The van der Waals surface area contributed by atoms with Gasteiger partial charge >= 0.3 is 0 Å². The van der Waals surface area contributed by atoms with Crippen molar-refractivity contribution in [3.8, 4) is 5.75 Å². The first-order valence-electron chi connectivity index (χ1n) is 6.12. The van der Waals surface area contributed by atoms with Gasteiger partial charge in [-0.1, -0.05) is 47.5 Å². The van der Waals surface area contributed by atoms with Gasteiger partial charge in [0.1, 0.15) is 11.9 Å². The molecule has 2 aromatic carbocycles. The van der Waals surface area contributed by atoms with Crippen molar-refractivity contribution in [2.24, 2.45) is 5.73 Å². The highest BCUT2D eigenvalue weighted by molar-refractivity contribution is 6.36. The van der Waals surface area contributed by atoms with Gasteiger partial charge in [0, 0.05) is 33.6 Å². The summed E-state index contributed by atoms with van der Waals surface area (Å²) >= 11 is 12.5. The van der Waals surface area contributed by atoms with Crippen molar-refractivity contribution in [1.29, 1.82) is 0 Å². The maximum absolute atomic E-state index is 6.23. The zero-order chi connectivity index (χ0) is 13.4. The molecule has 1 heterocycles. The van der Waals surface area contributed by atoms with Crippen LogP contribution in [0.25, 0.3) is 0 Å². The molecule has 1 unspecified atom stereocenters. The van der Waals surface area contributed by atoms with Crippen LogP contribution in [0.3, 0.4) is 0 Å². The molecule has 19 heavy (non-hydrogen) atoms. The molecule has 2 nitrogen and oxygen atoms in total. The summed E-state index contributed by atoms with van der Waals surface area (Å²) in [6.07, 6.45) is 0.464. The summed E-state index contributed by atoms with van der Waals surface area (Å²) in [5.74, 6) is 0.808. The number of fused-ring (bicyclic) bond motifs is 1. The van der Waals surface area contributed by atoms with E-state index in [1.54, 1.807) is 0 Å². The first kappa shape index (κ1) is 12.8. The summed E-state index contributed by atoms with van der Waals surface area (Å²) in [6.45, 7) is 0. The number of benzene rings is 2. The average molecular weight is 294 g/mol. The standard InChI is InChI=1S/C15H13Cl2NO/c16-10-5-3-6-11(17)15(10)14-8-12(18)9-4-1-2-7-13(9)19-14/h1-7,12,14H,8,18H2/t12-,14?/m0/s1. The van der Waals surface area contributed by atoms with Crippen molar-refractivity contribution >= 4 is 23.2 Å². The van der Waals surface area contributed by atoms with E-state index < -0.39 is 0 Å². The van der Waals surface area contributed by atoms with Crippen molar-refractivity contribution < 1.29 is 4.74 Å². The molecule has 0 saturated carbocycles. The molecule has 0 amide bonds. The lowest BCUT2D eigenvalue weighted by Crippen LogP contribution is -2.24. The summed E-state index contributed by atoms with van der Waals surface area (Å²) in [5, 5.41) is 1.23. The Morgan fingerprint density at radius 2 is 1.68 bits per heavy atom. The number of halogens is 2. The van der Waals surface area contributed by atoms with E-state index in [9.17, 15) is 0 Å². The topological polar surface area (TPSA) is 35.2 Å². The third-order valence-electron chi connectivity index (χ3n) is 3.38. The fraction of sp³-hybridized carbons (Fsp3) is 0.200. The minimum atomic E-state index is -0.203. The van der Waals surface area contributed by atoms with Gasteiger partial charge in [0.25, 0.3) is 0 Å². The van der Waals surface area contributed by atoms with Crippen molar-refractivity contribution in [2.45, 2.75) is 18.6 Å². The Bertz CT molecular complexity index is 595. The van der Waals surface area contributed by atoms with E-state index in [0.717, 1.165) is 16.9 Å². The fourth-order valence-electron chi connectivity index (χ4n) is 2.45. The van der Waals surface area contributed by atoms with Crippen molar-refractivity contribution in [1.82, 2.24) is 0 Å². The second-order valence-corrected chi connectivity index (χ2v) is 5.44. The van der Waals surface area contributed by atoms with E-state index in [-0.39, 0.29) is 12.1 Å². The summed E-state index contributed by atoms with van der Waals surface area (Å²) in [4.78, 5) is 0. The smallest absolute Gasteiger partial charge is 0.128 e. The summed E-state index contributed by atoms with van der Waals surface area (Å²) in [5.41, 5.74) is 8.05. The van der Waals surface area contributed by atoms with Gasteiger partial charge in [0.15, 0.2) is 0 Å². The molecule has 1 aliphatic heterocycles. The molecule has 2 aromatic rings. The van der Waals surface area contributed by atoms with Gasteiger partial charge in [-0.05, 0) is 18.2 Å². The van der Waals surface area contributed by atoms with Gasteiger partial charge < -0.3 is 10.5 Å². The number of hydrogen-bond donors (Lipinski definition) is 1. The van der Waals surface area contributed by atoms with Gasteiger partial charge in [-0.2, -0.15) is 0 Å². The molecule has 0 aliphatic carbocycles. The highest BCUT2D eigenvalue weighted by Gasteiger charge is 2.29. The highest BCUT2D eigenvalue weighted by Crippen LogP contribution is 2.43. The highest BCUT2D eigenvalue weighted by atomic mass is 35.5. The van der Waals surface area contributed by atoms with Crippen LogP contribution in [0.2, 0.25) is 10.0 Å². The molecule has 0 fully saturated rings. The molecule has 4 heteroatoms. The lowest BCUT2D eigenvalue weighted by Gasteiger charge is -2.31. The zero-order valence-corrected chi connectivity index (χ0v) is 11.7. The van der Waals surface area contributed by atoms with Crippen LogP contribution in [0.1, 0.15) is 29.7 Å². The van der Waals surface area contributed by atoms with E-state index in [0.29, 0.717) is 16.5 Å². The predicted molar refractivity (Wildman–Crippen MR) is 77.8 cm³/mol. The quantitative estimate of drug-likeness (QED) is 0.839. The van der Waals surface area contributed by atoms with Crippen LogP contribution in [0.15, 0.2) is 42.5 Å². The van der Waals surface area contributed by atoms with Crippen LogP contribution in [0, 0.1) is 0 Å². The number of rotatable bonds is 1. The van der Waals surface area contributed by atoms with E-state index in [4.69, 9.17) is 33.7 Å². The van der Waals surface area contributed by atoms with Crippen LogP contribution in [0.4, 0.5) is 0 Å². The molecule has 0 saturated heterocycles. The van der Waals surface area contributed by atoms with E-state index >= 15 is 0 Å². The molecule has 3 rings (SSSR count). The molecule has 1 aliphatic rings. The van der Waals surface area contributed by atoms with Crippen molar-refractivity contribution in [3.05, 3.63) is 63.6 Å². The van der Waals surface area contributed by atoms with Gasteiger partial charge in [0.2, 0.25) is 0 Å². The number of para-hydroxylation sites is 1. The van der Waals surface area contributed by atoms with Crippen molar-refractivity contribution in [3.63, 3.8) is 0 Å². The summed E-state index contributed by atoms with van der Waals surface area (Å²) < 4.78 is 6.00. The van der Waals surface area contributed by atoms with Crippen LogP contribution in [-0.2, 0) is 0 Å². The van der Waals surface area contributed by atoms with E-state index in [2.05, 4.69) is 0 Å². The largest absolute Gasteiger partial charge is 0.485 e. The van der Waals surface area contributed by atoms with Gasteiger partial charge in [-0.15, -0.1) is 0 Å². The molecular weight excluding hydrogens is 281 g/mol. The molecule has 2 atom stereocenters. The normalized spacial score (nSPS) is 21.6. The second kappa shape index (κ2) is 5.04. The molecule has 2 N–H and O–H groups in total. The monoisotopic (exact) mass is 293 g/mol. The Morgan fingerprint density at radius 1 is 1.00 bits per heavy atom. The Balaban J connectivity index is 2.02. The predicted octanol–water partition coefficient (Wildman–Crippen LogP) is 4.52. The van der Waals surface area contributed by atoms with Gasteiger partial charge in [0.05, 0.1) is 0 Å². The number of nitrogens with two attached hydrogens (primary N) is 1. The first-order valence-corrected chi connectivity index (χ1v) is 6.87. The van der Waals surface area contributed by atoms with E-state index in [1.807, 2.05) is 42.5 Å². The Morgan fingerprint density at radius 3 is 2.42 bits per heavy atom. The maximum atomic E-state index is 6.23. The average Bonchev–Trinajstić information content (AvgIpc) is 2.38. The fourth-order valence-corrected chi connectivity index (χ4v) is 3.09. The van der Waals surface area contributed by atoms with Crippen LogP contribution in [0.5, 0.6) is 5.75 Å². The molecule has 0 spiro atoms. The number of hydrogen-bond acceptors (Lipinski definition) is 2. The Hall–Kier alpha value is -1.22. The zero-order valence-electron chi connectivity index (χ0n) is 10.1. The molecule has 0 radical (unpaired) electrons. The summed E-state index contributed by atoms with van der Waals surface area (Å²) in [6, 6.07) is 13.2. The van der Waals surface area contributed by atoms with Crippen LogP contribution < -0.4 is 10.5 Å². The molecule has 0 bridgehead atoms. The van der Waals surface area contributed by atoms with Crippen molar-refractivity contribution in [2.75, 3.05) is 0 Å². The first-order chi connectivity index (χ1) is 9.16. The van der Waals surface area contributed by atoms with Gasteiger partial charge in [-0.25, -0.2) is 0 Å². The van der Waals surface area contributed by atoms with Gasteiger partial charge in [-0.3, -0.25) is 0 Å². The maximum Gasteiger partial charge on any atom is 0.128 e.